The van der Waals surface area contributed by atoms with E-state index in [-0.39, 0.29) is 11.8 Å². The van der Waals surface area contributed by atoms with Crippen LogP contribution in [0.25, 0.3) is 11.4 Å². The van der Waals surface area contributed by atoms with Gasteiger partial charge in [-0.1, -0.05) is 12.1 Å². The molecule has 1 fully saturated rings. The van der Waals surface area contributed by atoms with Gasteiger partial charge in [-0.25, -0.2) is 9.97 Å². The van der Waals surface area contributed by atoms with Gasteiger partial charge in [0.2, 0.25) is 0 Å². The number of amides is 1. The maximum atomic E-state index is 12.5. The van der Waals surface area contributed by atoms with Crippen LogP contribution in [0.15, 0.2) is 42.7 Å². The third kappa shape index (κ3) is 2.96. The van der Waals surface area contributed by atoms with Crippen molar-refractivity contribution in [1.82, 2.24) is 14.9 Å². The first-order valence-corrected chi connectivity index (χ1v) is 7.34. The number of aromatic nitrogens is 2. The van der Waals surface area contributed by atoms with Crippen molar-refractivity contribution in [2.45, 2.75) is 12.8 Å². The summed E-state index contributed by atoms with van der Waals surface area (Å²) in [5, 5.41) is 8.91. The van der Waals surface area contributed by atoms with Crippen LogP contribution in [0.5, 0.6) is 0 Å². The molecule has 0 atom stereocenters. The summed E-state index contributed by atoms with van der Waals surface area (Å²) in [6.45, 7) is 1.31. The molecule has 0 radical (unpaired) electrons. The summed E-state index contributed by atoms with van der Waals surface area (Å²) in [6.07, 6.45) is 4.91. The maximum absolute atomic E-state index is 12.5. The maximum Gasteiger partial charge on any atom is 0.253 e. The zero-order valence-corrected chi connectivity index (χ0v) is 12.1. The van der Waals surface area contributed by atoms with Crippen LogP contribution in [0.1, 0.15) is 23.2 Å². The van der Waals surface area contributed by atoms with Gasteiger partial charge >= 0.3 is 0 Å². The fourth-order valence-corrected chi connectivity index (χ4v) is 2.60. The van der Waals surface area contributed by atoms with E-state index in [1.807, 2.05) is 29.2 Å². The molecule has 0 spiro atoms. The zero-order chi connectivity index (χ0) is 15.4. The predicted molar refractivity (Wildman–Crippen MR) is 81.7 cm³/mol. The summed E-state index contributed by atoms with van der Waals surface area (Å²) < 4.78 is 0. The lowest BCUT2D eigenvalue weighted by atomic mass is 9.98. The summed E-state index contributed by atoms with van der Waals surface area (Å²) in [4.78, 5) is 22.7. The molecule has 0 unspecified atom stereocenters. The van der Waals surface area contributed by atoms with Crippen molar-refractivity contribution in [2.24, 2.45) is 5.92 Å². The number of hydrogen-bond donors (Lipinski definition) is 0. The van der Waals surface area contributed by atoms with Crippen LogP contribution in [-0.2, 0) is 0 Å². The average molecular weight is 292 g/mol. The SMILES string of the molecule is N#CC1CCN(C(=O)c2ccc(-c3ncccn3)cc2)CC1. The molecule has 0 saturated carbocycles. The standard InChI is InChI=1S/C17H16N4O/c18-12-13-6-10-21(11-7-13)17(22)15-4-2-14(3-5-15)16-19-8-1-9-20-16/h1-5,8-9,13H,6-7,10-11H2. The van der Waals surface area contributed by atoms with E-state index in [9.17, 15) is 4.79 Å². The second kappa shape index (κ2) is 6.35. The van der Waals surface area contributed by atoms with E-state index in [1.165, 1.54) is 0 Å². The third-order valence-electron chi connectivity index (χ3n) is 3.92. The summed E-state index contributed by atoms with van der Waals surface area (Å²) in [7, 11) is 0. The molecule has 5 nitrogen and oxygen atoms in total. The second-order valence-electron chi connectivity index (χ2n) is 5.35. The highest BCUT2D eigenvalue weighted by Crippen LogP contribution is 2.20. The Morgan fingerprint density at radius 3 is 2.36 bits per heavy atom. The number of carbonyl (C=O) groups is 1. The monoisotopic (exact) mass is 292 g/mol. The van der Waals surface area contributed by atoms with Crippen molar-refractivity contribution >= 4 is 5.91 Å². The lowest BCUT2D eigenvalue weighted by Gasteiger charge is -2.29. The fourth-order valence-electron chi connectivity index (χ4n) is 2.60. The van der Waals surface area contributed by atoms with Crippen molar-refractivity contribution in [3.05, 3.63) is 48.3 Å². The minimum absolute atomic E-state index is 0.0249. The molecule has 1 aliphatic rings. The van der Waals surface area contributed by atoms with Crippen LogP contribution in [0.2, 0.25) is 0 Å². The Morgan fingerprint density at radius 1 is 1.14 bits per heavy atom. The first-order chi connectivity index (χ1) is 10.8. The van der Waals surface area contributed by atoms with Gasteiger partial charge in [0.05, 0.1) is 6.07 Å². The van der Waals surface area contributed by atoms with Crippen molar-refractivity contribution in [1.29, 1.82) is 5.26 Å². The highest BCUT2D eigenvalue weighted by molar-refractivity contribution is 5.94. The number of hydrogen-bond acceptors (Lipinski definition) is 4. The van der Waals surface area contributed by atoms with E-state index < -0.39 is 0 Å². The van der Waals surface area contributed by atoms with Gasteiger partial charge in [-0.05, 0) is 31.0 Å². The Bertz CT molecular complexity index is 683. The molecular formula is C17H16N4O. The van der Waals surface area contributed by atoms with Gasteiger partial charge in [-0.15, -0.1) is 0 Å². The molecule has 2 heterocycles. The molecule has 0 aliphatic carbocycles. The minimum Gasteiger partial charge on any atom is -0.339 e. The number of benzene rings is 1. The van der Waals surface area contributed by atoms with Gasteiger partial charge in [0.25, 0.3) is 5.91 Å². The number of carbonyl (C=O) groups excluding carboxylic acids is 1. The molecule has 1 aromatic carbocycles. The van der Waals surface area contributed by atoms with Crippen molar-refractivity contribution in [2.75, 3.05) is 13.1 Å². The summed E-state index contributed by atoms with van der Waals surface area (Å²) in [5.74, 6) is 0.759. The van der Waals surface area contributed by atoms with Crippen LogP contribution in [0.4, 0.5) is 0 Å². The van der Waals surface area contributed by atoms with Gasteiger partial charge in [0.1, 0.15) is 0 Å². The molecule has 3 rings (SSSR count). The van der Waals surface area contributed by atoms with E-state index in [1.54, 1.807) is 18.5 Å². The first kappa shape index (κ1) is 14.2. The highest BCUT2D eigenvalue weighted by Gasteiger charge is 2.23. The van der Waals surface area contributed by atoms with Crippen molar-refractivity contribution < 1.29 is 4.79 Å². The van der Waals surface area contributed by atoms with E-state index >= 15 is 0 Å². The van der Waals surface area contributed by atoms with E-state index in [4.69, 9.17) is 5.26 Å². The predicted octanol–water partition coefficient (Wildman–Crippen LogP) is 2.52. The van der Waals surface area contributed by atoms with E-state index in [0.717, 1.165) is 18.4 Å². The molecule has 5 heteroatoms. The van der Waals surface area contributed by atoms with Gasteiger partial charge in [-0.3, -0.25) is 4.79 Å². The highest BCUT2D eigenvalue weighted by atomic mass is 16.2. The molecule has 0 bridgehead atoms. The van der Waals surface area contributed by atoms with Crippen LogP contribution in [0.3, 0.4) is 0 Å². The molecular weight excluding hydrogens is 276 g/mol. The van der Waals surface area contributed by atoms with Gasteiger partial charge < -0.3 is 4.90 Å². The van der Waals surface area contributed by atoms with E-state index in [0.29, 0.717) is 24.5 Å². The van der Waals surface area contributed by atoms with Gasteiger partial charge in [-0.2, -0.15) is 5.26 Å². The van der Waals surface area contributed by atoms with Crippen LogP contribution in [0, 0.1) is 17.2 Å². The average Bonchev–Trinajstić information content (AvgIpc) is 2.62. The number of rotatable bonds is 2. The minimum atomic E-state index is 0.0249. The third-order valence-corrected chi connectivity index (χ3v) is 3.92. The molecule has 2 aromatic rings. The Balaban J connectivity index is 1.71. The van der Waals surface area contributed by atoms with Gasteiger partial charge in [0.15, 0.2) is 5.82 Å². The molecule has 110 valence electrons. The molecule has 1 saturated heterocycles. The summed E-state index contributed by atoms with van der Waals surface area (Å²) in [6, 6.07) is 11.4. The molecule has 1 aromatic heterocycles. The van der Waals surface area contributed by atoms with E-state index in [2.05, 4.69) is 16.0 Å². The molecule has 1 aliphatic heterocycles. The smallest absolute Gasteiger partial charge is 0.253 e. The topological polar surface area (TPSA) is 69.9 Å². The summed E-state index contributed by atoms with van der Waals surface area (Å²) >= 11 is 0. The zero-order valence-electron chi connectivity index (χ0n) is 12.1. The molecule has 22 heavy (non-hydrogen) atoms. The first-order valence-electron chi connectivity index (χ1n) is 7.34. The Morgan fingerprint density at radius 2 is 1.77 bits per heavy atom. The number of nitriles is 1. The fraction of sp³-hybridized carbons (Fsp3) is 0.294. The molecule has 0 N–H and O–H groups in total. The quantitative estimate of drug-likeness (QED) is 0.852. The normalized spacial score (nSPS) is 15.3. The van der Waals surface area contributed by atoms with Crippen molar-refractivity contribution in [3.63, 3.8) is 0 Å². The lowest BCUT2D eigenvalue weighted by molar-refractivity contribution is 0.0707. The number of piperidine rings is 1. The molecule has 1 amide bonds. The van der Waals surface area contributed by atoms with Gasteiger partial charge in [0, 0.05) is 42.5 Å². The number of likely N-dealkylation sites (tertiary alicyclic amines) is 1. The van der Waals surface area contributed by atoms with Crippen LogP contribution in [-0.4, -0.2) is 33.9 Å². The van der Waals surface area contributed by atoms with Crippen molar-refractivity contribution in [3.8, 4) is 17.5 Å². The lowest BCUT2D eigenvalue weighted by Crippen LogP contribution is -2.38. The second-order valence-corrected chi connectivity index (χ2v) is 5.35. The Hall–Kier alpha value is -2.74. The summed E-state index contributed by atoms with van der Waals surface area (Å²) in [5.41, 5.74) is 1.55. The largest absolute Gasteiger partial charge is 0.339 e. The Kier molecular flexibility index (Phi) is 4.10. The Labute approximate surface area is 129 Å². The number of nitrogens with zero attached hydrogens (tertiary/aromatic N) is 4. The van der Waals surface area contributed by atoms with Crippen LogP contribution >= 0.6 is 0 Å². The van der Waals surface area contributed by atoms with Crippen LogP contribution < -0.4 is 0 Å².